The molecular formula is C22H26N2O6. The maximum atomic E-state index is 12.9. The van der Waals surface area contributed by atoms with Crippen LogP contribution in [0.2, 0.25) is 0 Å². The molecule has 4 atom stereocenters. The van der Waals surface area contributed by atoms with Gasteiger partial charge in [0.25, 0.3) is 0 Å². The van der Waals surface area contributed by atoms with Gasteiger partial charge in [0, 0.05) is 24.1 Å². The number of hydrogen-bond acceptors (Lipinski definition) is 7. The number of ketones is 1. The Bertz CT molecular complexity index is 1020. The molecule has 0 spiro atoms. The SMILES string of the molecule is CCn1cnc2c3c(c(O)cc21)C(=O)O[C@@H](C)[C@H](C)/C=C\C(=O)C(O)[C@@H](O)C/C=C/3. The number of cyclic esters (lactones) is 1. The Kier molecular flexibility index (Phi) is 6.38. The quantitative estimate of drug-likeness (QED) is 0.612. The van der Waals surface area contributed by atoms with Crippen LogP contribution in [0.1, 0.15) is 43.1 Å². The average Bonchev–Trinajstić information content (AvgIpc) is 3.12. The highest BCUT2D eigenvalue weighted by Gasteiger charge is 2.26. The van der Waals surface area contributed by atoms with Crippen LogP contribution >= 0.6 is 0 Å². The van der Waals surface area contributed by atoms with Crippen LogP contribution in [0.15, 0.2) is 30.6 Å². The second-order valence-corrected chi connectivity index (χ2v) is 7.46. The number of esters is 1. The van der Waals surface area contributed by atoms with E-state index >= 15 is 0 Å². The molecule has 8 heteroatoms. The molecule has 1 aromatic heterocycles. The van der Waals surface area contributed by atoms with E-state index in [1.54, 1.807) is 26.3 Å². The number of carbonyl (C=O) groups is 2. The maximum Gasteiger partial charge on any atom is 0.342 e. The minimum Gasteiger partial charge on any atom is -0.507 e. The number of phenolic OH excluding ortho intramolecular Hbond substituents is 1. The zero-order valence-electron chi connectivity index (χ0n) is 17.1. The summed E-state index contributed by atoms with van der Waals surface area (Å²) >= 11 is 0. The largest absolute Gasteiger partial charge is 0.507 e. The first-order chi connectivity index (χ1) is 14.2. The van der Waals surface area contributed by atoms with E-state index in [0.717, 1.165) is 0 Å². The monoisotopic (exact) mass is 414 g/mol. The van der Waals surface area contributed by atoms with Crippen LogP contribution in [0.3, 0.4) is 0 Å². The van der Waals surface area contributed by atoms with E-state index in [0.29, 0.717) is 23.1 Å². The molecule has 0 fully saturated rings. The molecule has 3 N–H and O–H groups in total. The number of carbonyl (C=O) groups excluding carboxylic acids is 2. The van der Waals surface area contributed by atoms with Crippen molar-refractivity contribution in [3.63, 3.8) is 0 Å². The van der Waals surface area contributed by atoms with Gasteiger partial charge in [-0.15, -0.1) is 0 Å². The lowest BCUT2D eigenvalue weighted by molar-refractivity contribution is -0.127. The number of benzene rings is 1. The molecular weight excluding hydrogens is 388 g/mol. The number of aliphatic hydroxyl groups excluding tert-OH is 2. The molecule has 1 aromatic carbocycles. The molecule has 0 bridgehead atoms. The van der Waals surface area contributed by atoms with Gasteiger partial charge in [0.1, 0.15) is 23.5 Å². The molecule has 0 amide bonds. The van der Waals surface area contributed by atoms with Gasteiger partial charge in [0.15, 0.2) is 5.78 Å². The Hall–Kier alpha value is -2.97. The molecule has 2 aromatic rings. The Labute approximate surface area is 174 Å². The van der Waals surface area contributed by atoms with Crippen LogP contribution in [-0.2, 0) is 16.1 Å². The number of nitrogens with zero attached hydrogens (tertiary/aromatic N) is 2. The molecule has 1 aliphatic heterocycles. The fourth-order valence-corrected chi connectivity index (χ4v) is 3.32. The van der Waals surface area contributed by atoms with Crippen molar-refractivity contribution in [2.75, 3.05) is 0 Å². The van der Waals surface area contributed by atoms with Gasteiger partial charge in [-0.2, -0.15) is 0 Å². The summed E-state index contributed by atoms with van der Waals surface area (Å²) in [4.78, 5) is 29.4. The normalized spacial score (nSPS) is 27.9. The van der Waals surface area contributed by atoms with Gasteiger partial charge in [-0.1, -0.05) is 25.2 Å². The minimum atomic E-state index is -1.57. The Morgan fingerprint density at radius 1 is 1.23 bits per heavy atom. The van der Waals surface area contributed by atoms with E-state index in [9.17, 15) is 24.9 Å². The first-order valence-corrected chi connectivity index (χ1v) is 9.91. The molecule has 0 aliphatic carbocycles. The molecule has 3 rings (SSSR count). The van der Waals surface area contributed by atoms with Crippen LogP contribution in [0, 0.1) is 5.92 Å². The fourth-order valence-electron chi connectivity index (χ4n) is 3.32. The van der Waals surface area contributed by atoms with Crippen molar-refractivity contribution in [2.45, 2.75) is 52.0 Å². The third-order valence-electron chi connectivity index (χ3n) is 5.39. The lowest BCUT2D eigenvalue weighted by Crippen LogP contribution is -2.32. The summed E-state index contributed by atoms with van der Waals surface area (Å²) in [6.07, 6.45) is 3.86. The lowest BCUT2D eigenvalue weighted by Gasteiger charge is -2.20. The average molecular weight is 414 g/mol. The van der Waals surface area contributed by atoms with Crippen molar-refractivity contribution >= 4 is 28.9 Å². The van der Waals surface area contributed by atoms with E-state index in [2.05, 4.69) is 4.98 Å². The van der Waals surface area contributed by atoms with Crippen LogP contribution in [0.5, 0.6) is 5.75 Å². The van der Waals surface area contributed by atoms with E-state index in [4.69, 9.17) is 4.74 Å². The van der Waals surface area contributed by atoms with Gasteiger partial charge in [0.05, 0.1) is 23.5 Å². The Morgan fingerprint density at radius 3 is 2.67 bits per heavy atom. The van der Waals surface area contributed by atoms with Crippen LogP contribution < -0.4 is 0 Å². The Morgan fingerprint density at radius 2 is 1.97 bits per heavy atom. The number of phenols is 1. The predicted octanol–water partition coefficient (Wildman–Crippen LogP) is 2.21. The van der Waals surface area contributed by atoms with Crippen molar-refractivity contribution in [1.29, 1.82) is 0 Å². The van der Waals surface area contributed by atoms with Gasteiger partial charge < -0.3 is 24.6 Å². The van der Waals surface area contributed by atoms with Crippen LogP contribution in [0.25, 0.3) is 17.1 Å². The molecule has 30 heavy (non-hydrogen) atoms. The first-order valence-electron chi connectivity index (χ1n) is 9.91. The number of aliphatic hydroxyl groups is 2. The molecule has 160 valence electrons. The van der Waals surface area contributed by atoms with E-state index in [1.165, 1.54) is 24.3 Å². The van der Waals surface area contributed by atoms with Gasteiger partial charge >= 0.3 is 5.97 Å². The summed E-state index contributed by atoms with van der Waals surface area (Å²) in [5, 5.41) is 30.9. The number of hydrogen-bond donors (Lipinski definition) is 3. The predicted molar refractivity (Wildman–Crippen MR) is 111 cm³/mol. The molecule has 1 aliphatic rings. The van der Waals surface area contributed by atoms with E-state index in [1.807, 2.05) is 11.5 Å². The van der Waals surface area contributed by atoms with Crippen molar-refractivity contribution < 1.29 is 29.6 Å². The number of fused-ring (bicyclic) bond motifs is 3. The van der Waals surface area contributed by atoms with Crippen molar-refractivity contribution in [3.8, 4) is 5.75 Å². The van der Waals surface area contributed by atoms with E-state index in [-0.39, 0.29) is 23.7 Å². The summed E-state index contributed by atoms with van der Waals surface area (Å²) in [6, 6.07) is 1.48. The highest BCUT2D eigenvalue weighted by atomic mass is 16.5. The summed E-state index contributed by atoms with van der Waals surface area (Å²) in [5.74, 6) is -1.91. The number of imidazole rings is 1. The zero-order chi connectivity index (χ0) is 22.0. The van der Waals surface area contributed by atoms with Gasteiger partial charge in [-0.3, -0.25) is 4.79 Å². The fraction of sp³-hybridized carbons (Fsp3) is 0.409. The third kappa shape index (κ3) is 4.15. The second kappa shape index (κ2) is 8.81. The standard InChI is InChI=1S/C22H26N2O6/c1-4-24-11-23-20-14-6-5-7-16(25)21(28)17(26)9-8-12(2)13(3)30-22(29)19(14)18(27)10-15(20)24/h5-6,8-13,16,21,25,27-28H,4,7H2,1-3H3/b6-5+,9-8-/t12-,13+,16+,21?/m1/s1. The van der Waals surface area contributed by atoms with Crippen molar-refractivity contribution in [3.05, 3.63) is 41.7 Å². The molecule has 0 saturated heterocycles. The molecule has 1 unspecified atom stereocenters. The van der Waals surface area contributed by atoms with Crippen molar-refractivity contribution in [1.82, 2.24) is 9.55 Å². The van der Waals surface area contributed by atoms with Crippen LogP contribution in [-0.4, -0.2) is 54.9 Å². The number of rotatable bonds is 1. The maximum absolute atomic E-state index is 12.9. The summed E-state index contributed by atoms with van der Waals surface area (Å²) < 4.78 is 7.36. The zero-order valence-corrected chi connectivity index (χ0v) is 17.1. The van der Waals surface area contributed by atoms with Gasteiger partial charge in [0.2, 0.25) is 0 Å². The Balaban J connectivity index is 2.16. The third-order valence-corrected chi connectivity index (χ3v) is 5.39. The number of ether oxygens (including phenoxy) is 1. The molecule has 0 saturated carbocycles. The topological polar surface area (TPSA) is 122 Å². The summed E-state index contributed by atoms with van der Waals surface area (Å²) in [6.45, 7) is 5.98. The number of aromatic hydroxyl groups is 1. The van der Waals surface area contributed by atoms with Crippen molar-refractivity contribution in [2.24, 2.45) is 5.92 Å². The lowest BCUT2D eigenvalue weighted by atomic mass is 9.99. The molecule has 2 heterocycles. The minimum absolute atomic E-state index is 0.0219. The highest BCUT2D eigenvalue weighted by Crippen LogP contribution is 2.32. The second-order valence-electron chi connectivity index (χ2n) is 7.46. The van der Waals surface area contributed by atoms with Gasteiger partial charge in [-0.05, 0) is 26.3 Å². The smallest absolute Gasteiger partial charge is 0.342 e. The number of aryl methyl sites for hydroxylation is 1. The molecule has 0 radical (unpaired) electrons. The van der Waals surface area contributed by atoms with Gasteiger partial charge in [-0.25, -0.2) is 9.78 Å². The number of aromatic nitrogens is 2. The van der Waals surface area contributed by atoms with Crippen LogP contribution in [0.4, 0.5) is 0 Å². The molecule has 8 nitrogen and oxygen atoms in total. The van der Waals surface area contributed by atoms with E-state index < -0.39 is 30.1 Å². The summed E-state index contributed by atoms with van der Waals surface area (Å²) in [5.41, 5.74) is 1.47. The highest BCUT2D eigenvalue weighted by molar-refractivity contribution is 6.03. The summed E-state index contributed by atoms with van der Waals surface area (Å²) in [7, 11) is 0. The first kappa shape index (κ1) is 21.7.